The number of aliphatic carboxylic acids is 1. The van der Waals surface area contributed by atoms with Crippen LogP contribution >= 0.6 is 0 Å². The van der Waals surface area contributed by atoms with Gasteiger partial charge < -0.3 is 31.3 Å². The van der Waals surface area contributed by atoms with Crippen molar-refractivity contribution < 1.29 is 53.7 Å². The van der Waals surface area contributed by atoms with Crippen LogP contribution in [0.25, 0.3) is 0 Å². The van der Waals surface area contributed by atoms with Crippen LogP contribution in [0.1, 0.15) is 19.8 Å². The highest BCUT2D eigenvalue weighted by atomic mass is 16.4. The topological polar surface area (TPSA) is 175 Å². The number of nitrogens with one attached hydrogen (secondary N) is 1. The molecule has 0 spiro atoms. The van der Waals surface area contributed by atoms with Crippen LogP contribution in [0.3, 0.4) is 0 Å². The average Bonchev–Trinajstić information content (AvgIpc) is 2.68. The minimum Gasteiger partial charge on any atom is -0.479 e. The number of carboxylic acid groups (broad SMARTS) is 1. The number of hydrogen-bond donors (Lipinski definition) is 7. The second-order valence-electron chi connectivity index (χ2n) is 4.07. The lowest BCUT2D eigenvalue weighted by atomic mass is 10.0. The Morgan fingerprint density at radius 1 is 0.815 bits per heavy atom. The summed E-state index contributed by atoms with van der Waals surface area (Å²) in [6.45, 7) is 1.62. The lowest BCUT2D eigenvalue weighted by Gasteiger charge is -2.23. The second-order valence-corrected chi connectivity index (χ2v) is 4.07. The molecule has 0 fully saturated rings. The Kier molecular flexibility index (Phi) is 15.3. The first kappa shape index (κ1) is 25.8. The van der Waals surface area contributed by atoms with Gasteiger partial charge in [-0.25, -0.2) is 4.79 Å². The molecule has 4 atom stereocenters. The van der Waals surface area contributed by atoms with Crippen molar-refractivity contribution in [1.82, 2.24) is 5.32 Å². The smallest absolute Gasteiger partial charge is 0.335 e. The molecule has 0 saturated carbocycles. The summed E-state index contributed by atoms with van der Waals surface area (Å²) in [4.78, 5) is 21.9. The second kappa shape index (κ2) is 16.0. The fourth-order valence-corrected chi connectivity index (χ4v) is 1.12. The number of quaternary nitrogens is 1. The summed E-state index contributed by atoms with van der Waals surface area (Å²) in [5.74, 6) is 18.2. The van der Waals surface area contributed by atoms with E-state index in [0.717, 1.165) is 0 Å². The molecule has 0 aliphatic heterocycles. The van der Waals surface area contributed by atoms with Gasteiger partial charge in [-0.05, 0) is 30.6 Å². The van der Waals surface area contributed by atoms with Crippen molar-refractivity contribution in [3.63, 3.8) is 0 Å². The summed E-state index contributed by atoms with van der Waals surface area (Å²) in [6, 6.07) is 2.04. The predicted molar refractivity (Wildman–Crippen MR) is 112 cm³/mol. The van der Waals surface area contributed by atoms with Crippen molar-refractivity contribution in [2.75, 3.05) is 7.05 Å². The van der Waals surface area contributed by atoms with Crippen molar-refractivity contribution in [3.05, 3.63) is 0 Å². The first-order valence-corrected chi connectivity index (χ1v) is 7.20. The normalized spacial score (nSPS) is 12.1. The number of aliphatic hydroxyl groups excluding tert-OH is 4. The lowest BCUT2D eigenvalue weighted by molar-refractivity contribution is -0.325. The molecule has 9 N–H and O–H groups in total. The molecule has 160 valence electrons. The molecule has 0 aromatic heterocycles. The van der Waals surface area contributed by atoms with Crippen LogP contribution in [0, 0.1) is 59.3 Å². The minimum absolute atomic E-state index is 0. The van der Waals surface area contributed by atoms with Gasteiger partial charge in [0.1, 0.15) is 12.2 Å². The van der Waals surface area contributed by atoms with E-state index in [4.69, 9.17) is 10.2 Å². The summed E-state index contributed by atoms with van der Waals surface area (Å²) in [6.07, 6.45) is -9.12. The molecule has 27 heavy (non-hydrogen) atoms. The van der Waals surface area contributed by atoms with E-state index < -0.39 is 36.3 Å². The third-order valence-electron chi connectivity index (χ3n) is 2.33. The van der Waals surface area contributed by atoms with E-state index in [1.165, 1.54) is 0 Å². The van der Waals surface area contributed by atoms with E-state index in [9.17, 15) is 24.9 Å². The maximum atomic E-state index is 11.4. The zero-order valence-electron chi connectivity index (χ0n) is 14.6. The molecule has 9 nitrogen and oxygen atoms in total. The quantitative estimate of drug-likeness (QED) is 0.203. The van der Waals surface area contributed by atoms with E-state index in [1.807, 2.05) is 11.4 Å². The van der Waals surface area contributed by atoms with Crippen LogP contribution < -0.4 is 11.1 Å². The van der Waals surface area contributed by atoms with Gasteiger partial charge >= 0.3 is 5.97 Å². The van der Waals surface area contributed by atoms with E-state index in [2.05, 4.69) is 59.0 Å². The van der Waals surface area contributed by atoms with Crippen molar-refractivity contribution in [1.29, 1.82) is 0 Å². The molecular weight excluding hydrogens is 356 g/mol. The number of carbonyl (C=O) groups excluding carboxylic acids is 1. The highest BCUT2D eigenvalue weighted by Gasteiger charge is 2.37. The Hall–Kier alpha value is -3.46. The first-order valence-electron chi connectivity index (χ1n) is 7.20. The highest BCUT2D eigenvalue weighted by molar-refractivity contribution is 5.83. The zero-order valence-corrected chi connectivity index (χ0v) is 14.6. The monoisotopic (exact) mass is 393 g/mol. The van der Waals surface area contributed by atoms with Crippen molar-refractivity contribution in [3.8, 4) is 59.3 Å². The minimum atomic E-state index is -2.38. The fourth-order valence-electron chi connectivity index (χ4n) is 1.12. The number of carbonyl (C=O) groups is 2. The molecule has 0 saturated heterocycles. The fraction of sp³-hybridized carbons (Fsp3) is 0.333. The maximum absolute atomic E-state index is 11.4. The van der Waals surface area contributed by atoms with Crippen LogP contribution in [-0.2, 0) is 9.59 Å². The summed E-state index contributed by atoms with van der Waals surface area (Å²) in [5.41, 5.74) is 3.25. The average molecular weight is 394 g/mol. The van der Waals surface area contributed by atoms with Gasteiger partial charge in [0, 0.05) is 42.6 Å². The standard InChI is InChI=1S/C17H13NO7.CH5N.9H2/c1-2-3-4-5-6-7-8-9-10-11-18-16(23)14(21)12(19)13(20)15(22)17(24)25;1-2;;;;;;;;;/h12-15,19-22H,1H3,(H,18,23)(H,24,25);2H2,1H3;9*1H/p+1/t12-,13-,14+,15-;;;;;;;;;;/m1........../s1. The van der Waals surface area contributed by atoms with Gasteiger partial charge in [0.2, 0.25) is 0 Å². The number of amides is 1. The summed E-state index contributed by atoms with van der Waals surface area (Å²) in [5, 5.41) is 47.5. The summed E-state index contributed by atoms with van der Waals surface area (Å²) < 4.78 is 0. The van der Waals surface area contributed by atoms with Crippen LogP contribution in [0.2, 0.25) is 0 Å². The van der Waals surface area contributed by atoms with Gasteiger partial charge in [-0.2, -0.15) is 0 Å². The number of aliphatic hydroxyl groups is 4. The number of hydrogen-bond acceptors (Lipinski definition) is 6. The SMILES string of the molecule is CC#CC#CC#CC#CC#CNC(=O)[C@@H](O)[C@H](O)[C@@H](O)[C@@H](O)C(=O)O.C[NH3+].[HH].[HH].[HH].[HH].[HH].[HH].[HH].[HH].[HH]. The molecule has 0 heterocycles. The third kappa shape index (κ3) is 11.7. The highest BCUT2D eigenvalue weighted by Crippen LogP contribution is 2.05. The van der Waals surface area contributed by atoms with Crippen LogP contribution in [0.15, 0.2) is 0 Å². The number of carboxylic acids is 1. The van der Waals surface area contributed by atoms with E-state index in [1.54, 1.807) is 14.0 Å². The zero-order chi connectivity index (χ0) is 21.2. The molecule has 0 bridgehead atoms. The predicted octanol–water partition coefficient (Wildman–Crippen LogP) is -2.30. The maximum Gasteiger partial charge on any atom is 0.335 e. The Balaban J connectivity index is -0.0000000614. The molecule has 0 aliphatic carbocycles. The third-order valence-corrected chi connectivity index (χ3v) is 2.33. The molecule has 0 unspecified atom stereocenters. The Labute approximate surface area is 169 Å². The van der Waals surface area contributed by atoms with Crippen molar-refractivity contribution in [2.24, 2.45) is 0 Å². The molecule has 9 heteroatoms. The molecule has 0 radical (unpaired) electrons. The summed E-state index contributed by atoms with van der Waals surface area (Å²) >= 11 is 0. The Morgan fingerprint density at radius 3 is 1.67 bits per heavy atom. The largest absolute Gasteiger partial charge is 0.479 e. The summed E-state index contributed by atoms with van der Waals surface area (Å²) in [7, 11) is 1.75. The lowest BCUT2D eigenvalue weighted by Crippen LogP contribution is -2.52. The molecule has 0 aromatic rings. The Bertz CT molecular complexity index is 840. The van der Waals surface area contributed by atoms with Gasteiger partial charge in [-0.1, -0.05) is 5.92 Å². The van der Waals surface area contributed by atoms with E-state index >= 15 is 0 Å². The first-order chi connectivity index (χ1) is 12.8. The van der Waals surface area contributed by atoms with Crippen molar-refractivity contribution >= 4 is 11.9 Å². The van der Waals surface area contributed by atoms with E-state index in [-0.39, 0.29) is 12.8 Å². The molecule has 0 aliphatic rings. The molecule has 0 rings (SSSR count). The van der Waals surface area contributed by atoms with Crippen LogP contribution in [0.5, 0.6) is 0 Å². The van der Waals surface area contributed by atoms with Crippen molar-refractivity contribution in [2.45, 2.75) is 31.3 Å². The van der Waals surface area contributed by atoms with Gasteiger partial charge in [-0.3, -0.25) is 10.1 Å². The Morgan fingerprint density at radius 2 is 1.22 bits per heavy atom. The van der Waals surface area contributed by atoms with Gasteiger partial charge in [-0.15, -0.1) is 0 Å². The van der Waals surface area contributed by atoms with Gasteiger partial charge in [0.05, 0.1) is 7.05 Å². The molecule has 0 aromatic carbocycles. The van der Waals surface area contributed by atoms with Gasteiger partial charge in [0.15, 0.2) is 12.2 Å². The van der Waals surface area contributed by atoms with E-state index in [0.29, 0.717) is 0 Å². The van der Waals surface area contributed by atoms with Crippen LogP contribution in [-0.4, -0.2) is 68.9 Å². The molecule has 1 amide bonds. The van der Waals surface area contributed by atoms with Gasteiger partial charge in [0.25, 0.3) is 5.91 Å². The number of rotatable bonds is 5. The van der Waals surface area contributed by atoms with Crippen LogP contribution in [0.4, 0.5) is 0 Å². The molecular formula is C18H37N2O7+.